The van der Waals surface area contributed by atoms with Gasteiger partial charge in [0.1, 0.15) is 10.8 Å². The molecule has 1 aromatic carbocycles. The van der Waals surface area contributed by atoms with Crippen LogP contribution in [0.4, 0.5) is 0 Å². The summed E-state index contributed by atoms with van der Waals surface area (Å²) in [6, 6.07) is 7.88. The molecular weight excluding hydrogens is 274 g/mol. The van der Waals surface area contributed by atoms with Crippen molar-refractivity contribution in [2.45, 2.75) is 18.9 Å². The van der Waals surface area contributed by atoms with E-state index in [1.807, 2.05) is 32.0 Å². The fourth-order valence-corrected chi connectivity index (χ4v) is 2.65. The van der Waals surface area contributed by atoms with Gasteiger partial charge in [-0.15, -0.1) is 0 Å². The molecule has 1 aromatic heterocycles. The number of rotatable bonds is 5. The van der Waals surface area contributed by atoms with E-state index in [4.69, 9.17) is 4.74 Å². The zero-order valence-electron chi connectivity index (χ0n) is 11.8. The maximum Gasteiger partial charge on any atom is 0.316 e. The van der Waals surface area contributed by atoms with Gasteiger partial charge >= 0.3 is 5.97 Å². The first kappa shape index (κ1) is 14.7. The van der Waals surface area contributed by atoms with Crippen molar-refractivity contribution in [2.24, 2.45) is 0 Å². The van der Waals surface area contributed by atoms with Gasteiger partial charge in [-0.25, -0.2) is 4.98 Å². The highest BCUT2D eigenvalue weighted by Crippen LogP contribution is 2.26. The van der Waals surface area contributed by atoms with Gasteiger partial charge in [0, 0.05) is 5.39 Å². The summed E-state index contributed by atoms with van der Waals surface area (Å²) >= 11 is 1.39. The van der Waals surface area contributed by atoms with Crippen LogP contribution in [0.25, 0.3) is 10.9 Å². The second-order valence-electron chi connectivity index (χ2n) is 4.26. The average Bonchev–Trinajstić information content (AvgIpc) is 2.45. The van der Waals surface area contributed by atoms with E-state index in [1.165, 1.54) is 18.9 Å². The highest BCUT2D eigenvalue weighted by Gasteiger charge is 2.08. The largest absolute Gasteiger partial charge is 0.494 e. The fourth-order valence-electron chi connectivity index (χ4n) is 1.83. The van der Waals surface area contributed by atoms with E-state index in [2.05, 4.69) is 15.8 Å². The van der Waals surface area contributed by atoms with Crippen LogP contribution in [0.3, 0.4) is 0 Å². The van der Waals surface area contributed by atoms with Crippen LogP contribution in [0, 0.1) is 6.92 Å². The van der Waals surface area contributed by atoms with Crippen molar-refractivity contribution in [1.29, 1.82) is 0 Å². The number of aryl methyl sites for hydroxylation is 1. The molecule has 0 bridgehead atoms. The molecule has 1 heterocycles. The van der Waals surface area contributed by atoms with E-state index in [1.54, 1.807) is 0 Å². The molecule has 5 heteroatoms. The summed E-state index contributed by atoms with van der Waals surface area (Å²) in [7, 11) is 1.39. The van der Waals surface area contributed by atoms with E-state index < -0.39 is 0 Å². The normalized spacial score (nSPS) is 10.6. The molecule has 0 saturated heterocycles. The van der Waals surface area contributed by atoms with Crippen molar-refractivity contribution in [3.8, 4) is 5.75 Å². The molecule has 2 rings (SSSR count). The molecule has 0 fully saturated rings. The predicted octanol–water partition coefficient (Wildman–Crippen LogP) is 3.21. The number of nitrogens with zero attached hydrogens (tertiary/aromatic N) is 1. The minimum absolute atomic E-state index is 0.247. The predicted molar refractivity (Wildman–Crippen MR) is 80.4 cm³/mol. The molecule has 106 valence electrons. The summed E-state index contributed by atoms with van der Waals surface area (Å²) in [5.41, 5.74) is 1.94. The highest BCUT2D eigenvalue weighted by atomic mass is 32.2. The number of benzene rings is 1. The van der Waals surface area contributed by atoms with Crippen LogP contribution in [0.2, 0.25) is 0 Å². The topological polar surface area (TPSA) is 48.4 Å². The minimum Gasteiger partial charge on any atom is -0.494 e. The van der Waals surface area contributed by atoms with Crippen LogP contribution < -0.4 is 4.74 Å². The minimum atomic E-state index is -0.247. The Kier molecular flexibility index (Phi) is 4.84. The van der Waals surface area contributed by atoms with Gasteiger partial charge in [0.2, 0.25) is 0 Å². The second-order valence-corrected chi connectivity index (χ2v) is 5.23. The van der Waals surface area contributed by atoms with Crippen molar-refractivity contribution in [2.75, 3.05) is 19.5 Å². The zero-order valence-corrected chi connectivity index (χ0v) is 12.6. The lowest BCUT2D eigenvalue weighted by atomic mass is 10.1. The lowest BCUT2D eigenvalue weighted by Gasteiger charge is -2.08. The van der Waals surface area contributed by atoms with Crippen molar-refractivity contribution in [1.82, 2.24) is 4.98 Å². The van der Waals surface area contributed by atoms with Crippen molar-refractivity contribution < 1.29 is 14.3 Å². The van der Waals surface area contributed by atoms with Gasteiger partial charge in [0.25, 0.3) is 0 Å². The molecule has 20 heavy (non-hydrogen) atoms. The van der Waals surface area contributed by atoms with Gasteiger partial charge in [0.05, 0.1) is 25.0 Å². The quantitative estimate of drug-likeness (QED) is 0.625. The molecule has 0 aliphatic heterocycles. The Balaban J connectivity index is 2.27. The van der Waals surface area contributed by atoms with E-state index >= 15 is 0 Å². The fraction of sp³-hybridized carbons (Fsp3) is 0.333. The van der Waals surface area contributed by atoms with Crippen LogP contribution in [0.5, 0.6) is 5.75 Å². The smallest absolute Gasteiger partial charge is 0.316 e. The molecule has 0 spiro atoms. The third kappa shape index (κ3) is 3.42. The van der Waals surface area contributed by atoms with Gasteiger partial charge in [-0.2, -0.15) is 0 Å². The first-order valence-electron chi connectivity index (χ1n) is 6.38. The van der Waals surface area contributed by atoms with Gasteiger partial charge < -0.3 is 9.47 Å². The van der Waals surface area contributed by atoms with Gasteiger partial charge in [-0.05, 0) is 43.7 Å². The van der Waals surface area contributed by atoms with E-state index in [0.717, 1.165) is 27.2 Å². The molecule has 0 amide bonds. The van der Waals surface area contributed by atoms with Gasteiger partial charge in [-0.1, -0.05) is 11.8 Å². The molecule has 0 aliphatic carbocycles. The Hall–Kier alpha value is -1.75. The SMILES string of the molecule is CCOc1ccc2nc(SCC(=O)OC)c(C)cc2c1. The third-order valence-electron chi connectivity index (χ3n) is 2.80. The Morgan fingerprint density at radius 3 is 2.85 bits per heavy atom. The standard InChI is InChI=1S/C15H17NO3S/c1-4-19-12-5-6-13-11(8-12)7-10(2)15(16-13)20-9-14(17)18-3/h5-8H,4,9H2,1-3H3. The Bertz CT molecular complexity index is 628. The first-order chi connectivity index (χ1) is 9.63. The molecule has 4 nitrogen and oxygen atoms in total. The number of carbonyl (C=O) groups excluding carboxylic acids is 1. The van der Waals surface area contributed by atoms with Gasteiger partial charge in [0.15, 0.2) is 0 Å². The highest BCUT2D eigenvalue weighted by molar-refractivity contribution is 7.99. The van der Waals surface area contributed by atoms with Crippen LogP contribution in [-0.4, -0.2) is 30.4 Å². The van der Waals surface area contributed by atoms with E-state index in [0.29, 0.717) is 6.61 Å². The molecule has 0 radical (unpaired) electrons. The third-order valence-corrected chi connectivity index (χ3v) is 3.86. The van der Waals surface area contributed by atoms with E-state index in [9.17, 15) is 4.79 Å². The summed E-state index contributed by atoms with van der Waals surface area (Å²) in [6.07, 6.45) is 0. The molecule has 0 unspecified atom stereocenters. The summed E-state index contributed by atoms with van der Waals surface area (Å²) in [5.74, 6) is 0.867. The summed E-state index contributed by atoms with van der Waals surface area (Å²) < 4.78 is 10.1. The maximum absolute atomic E-state index is 11.2. The van der Waals surface area contributed by atoms with Crippen LogP contribution in [-0.2, 0) is 9.53 Å². The number of aromatic nitrogens is 1. The number of carbonyl (C=O) groups is 1. The van der Waals surface area contributed by atoms with E-state index in [-0.39, 0.29) is 11.7 Å². The van der Waals surface area contributed by atoms with Crippen LogP contribution in [0.15, 0.2) is 29.3 Å². The van der Waals surface area contributed by atoms with Crippen LogP contribution in [0.1, 0.15) is 12.5 Å². The molecular formula is C15H17NO3S. The Morgan fingerprint density at radius 2 is 2.15 bits per heavy atom. The van der Waals surface area contributed by atoms with Gasteiger partial charge in [-0.3, -0.25) is 4.79 Å². The monoisotopic (exact) mass is 291 g/mol. The molecule has 0 saturated carbocycles. The number of ether oxygens (including phenoxy) is 2. The second kappa shape index (κ2) is 6.61. The number of methoxy groups -OCH3 is 1. The molecule has 0 aliphatic rings. The van der Waals surface area contributed by atoms with Crippen LogP contribution >= 0.6 is 11.8 Å². The number of thioether (sulfide) groups is 1. The summed E-state index contributed by atoms with van der Waals surface area (Å²) in [4.78, 5) is 15.8. The number of esters is 1. The first-order valence-corrected chi connectivity index (χ1v) is 7.36. The lowest BCUT2D eigenvalue weighted by molar-refractivity contribution is -0.137. The maximum atomic E-state index is 11.2. The Morgan fingerprint density at radius 1 is 1.35 bits per heavy atom. The van der Waals surface area contributed by atoms with Crippen molar-refractivity contribution in [3.05, 3.63) is 29.8 Å². The lowest BCUT2D eigenvalue weighted by Crippen LogP contribution is -2.03. The molecule has 0 atom stereocenters. The number of hydrogen-bond donors (Lipinski definition) is 0. The zero-order chi connectivity index (χ0) is 14.5. The summed E-state index contributed by atoms with van der Waals surface area (Å²) in [5, 5.41) is 1.89. The number of hydrogen-bond acceptors (Lipinski definition) is 5. The summed E-state index contributed by atoms with van der Waals surface area (Å²) in [6.45, 7) is 4.59. The molecule has 2 aromatic rings. The van der Waals surface area contributed by atoms with Crippen molar-refractivity contribution in [3.63, 3.8) is 0 Å². The number of fused-ring (bicyclic) bond motifs is 1. The van der Waals surface area contributed by atoms with Crippen molar-refractivity contribution >= 4 is 28.6 Å². The Labute approximate surface area is 122 Å². The number of pyridine rings is 1. The molecule has 0 N–H and O–H groups in total. The average molecular weight is 291 g/mol.